The molecule has 2 aromatic heterocycles. The minimum absolute atomic E-state index is 0.0161. The van der Waals surface area contributed by atoms with Crippen LogP contribution < -0.4 is 30.6 Å². The summed E-state index contributed by atoms with van der Waals surface area (Å²) < 4.78 is 93.2. The van der Waals surface area contributed by atoms with Crippen molar-refractivity contribution >= 4 is 56.2 Å². The number of amides is 3. The molecule has 4 aliphatic rings. The zero-order chi connectivity index (χ0) is 48.6. The van der Waals surface area contributed by atoms with Crippen LogP contribution in [0.3, 0.4) is 0 Å². The number of piperazine rings is 1. The molecule has 6 heterocycles. The van der Waals surface area contributed by atoms with E-state index in [-0.39, 0.29) is 58.9 Å². The molecular weight excluding hydrogens is 929 g/mol. The fraction of sp³-hybridized carbons (Fsp3) is 0.378. The van der Waals surface area contributed by atoms with Gasteiger partial charge >= 0.3 is 10.2 Å². The van der Waals surface area contributed by atoms with Crippen LogP contribution in [0.1, 0.15) is 42.7 Å². The summed E-state index contributed by atoms with van der Waals surface area (Å²) in [6.07, 6.45) is 2.03. The van der Waals surface area contributed by atoms with Gasteiger partial charge in [0.1, 0.15) is 47.9 Å². The van der Waals surface area contributed by atoms with Crippen LogP contribution in [-0.4, -0.2) is 137 Å². The molecule has 3 amide bonds. The van der Waals surface area contributed by atoms with Crippen LogP contribution in [0.2, 0.25) is 0 Å². The maximum atomic E-state index is 15.3. The summed E-state index contributed by atoms with van der Waals surface area (Å²) in [5.41, 5.74) is 0.0625. The molecule has 0 radical (unpaired) electrons. The Bertz CT molecular complexity index is 3030. The van der Waals surface area contributed by atoms with E-state index in [4.69, 9.17) is 4.74 Å². The number of anilines is 3. The second kappa shape index (κ2) is 19.4. The summed E-state index contributed by atoms with van der Waals surface area (Å²) >= 11 is 0. The van der Waals surface area contributed by atoms with Crippen LogP contribution >= 0.6 is 0 Å². The quantitative estimate of drug-likeness (QED) is 0.120. The summed E-state index contributed by atoms with van der Waals surface area (Å²) in [5.74, 6) is -2.56. The monoisotopic (exact) mass is 972 g/mol. The number of nitrogens with zero attached hydrogens (tertiary/aromatic N) is 9. The second-order valence-electron chi connectivity index (χ2n) is 17.1. The first kappa shape index (κ1) is 46.9. The van der Waals surface area contributed by atoms with Crippen molar-refractivity contribution < 1.29 is 45.1 Å². The van der Waals surface area contributed by atoms with Crippen LogP contribution in [-0.2, 0) is 24.6 Å². The van der Waals surface area contributed by atoms with E-state index in [2.05, 4.69) is 35.2 Å². The molecule has 3 N–H and O–H groups in total. The summed E-state index contributed by atoms with van der Waals surface area (Å²) in [7, 11) is -4.54. The maximum Gasteiger partial charge on any atom is 0.301 e. The molecule has 4 aliphatic heterocycles. The maximum absolute atomic E-state index is 15.3. The molecule has 69 heavy (non-hydrogen) atoms. The standard InChI is InChI=1S/C45H44F4N12O7S/c46-33-4-6-38(56-69(66,67)60-22-35(48)36(49)23-60)32(19-50)42(33)68-29-2-5-37-31(18-29)44(65)61(25-53-37)28-20-51-45(52-21-28)59-15-13-58(14-16-59)41(63)24-57-11-9-26(10-12-57)30-3-1-27(17-34(30)47)54-39-7-8-40(62)55-43(39)64/h1-6,17-18,20-21,25-26,35-36,39,54,56H,7-16,22-24H2,(H,55,62,64)/t35?,36?,39-/m0/s1. The van der Waals surface area contributed by atoms with E-state index in [0.717, 1.165) is 12.1 Å². The Morgan fingerprint density at radius 2 is 1.61 bits per heavy atom. The summed E-state index contributed by atoms with van der Waals surface area (Å²) in [4.78, 5) is 69.8. The normalized spacial score (nSPS) is 20.7. The molecule has 0 bridgehead atoms. The molecule has 0 spiro atoms. The lowest BCUT2D eigenvalue weighted by atomic mass is 9.89. The first-order chi connectivity index (χ1) is 33.1. The Balaban J connectivity index is 0.782. The lowest BCUT2D eigenvalue weighted by molar-refractivity contribution is -0.134. The number of benzene rings is 3. The Labute approximate surface area is 391 Å². The molecule has 4 fully saturated rings. The van der Waals surface area contributed by atoms with Crippen molar-refractivity contribution in [2.75, 3.05) is 73.8 Å². The number of imide groups is 1. The number of carbonyl (C=O) groups is 3. The Morgan fingerprint density at radius 1 is 0.884 bits per heavy atom. The van der Waals surface area contributed by atoms with Crippen molar-refractivity contribution in [2.45, 2.75) is 50.0 Å². The van der Waals surface area contributed by atoms with Crippen molar-refractivity contribution in [1.82, 2.24) is 38.9 Å². The highest BCUT2D eigenvalue weighted by Gasteiger charge is 2.40. The smallest absolute Gasteiger partial charge is 0.301 e. The minimum Gasteiger partial charge on any atom is -0.453 e. The molecule has 360 valence electrons. The Kier molecular flexibility index (Phi) is 13.2. The van der Waals surface area contributed by atoms with E-state index in [0.29, 0.717) is 80.0 Å². The van der Waals surface area contributed by atoms with Gasteiger partial charge in [0, 0.05) is 51.4 Å². The predicted octanol–water partition coefficient (Wildman–Crippen LogP) is 3.51. The summed E-state index contributed by atoms with van der Waals surface area (Å²) in [6.45, 7) is 1.79. The zero-order valence-corrected chi connectivity index (χ0v) is 37.5. The highest BCUT2D eigenvalue weighted by Crippen LogP contribution is 2.36. The molecule has 5 aromatic rings. The molecular formula is C45H44F4N12O7S. The van der Waals surface area contributed by atoms with E-state index >= 15 is 8.78 Å². The van der Waals surface area contributed by atoms with Gasteiger partial charge in [0.25, 0.3) is 5.56 Å². The van der Waals surface area contributed by atoms with Crippen molar-refractivity contribution in [2.24, 2.45) is 0 Å². The van der Waals surface area contributed by atoms with Crippen LogP contribution in [0.4, 0.5) is 34.9 Å². The van der Waals surface area contributed by atoms with Crippen LogP contribution in [0.25, 0.3) is 16.6 Å². The first-order valence-electron chi connectivity index (χ1n) is 22.1. The SMILES string of the molecule is N#Cc1c(NS(=O)(=O)N2CC(F)C(F)C2)ccc(F)c1Oc1ccc2ncn(-c3cnc(N4CCN(C(=O)CN5CCC(c6ccc(N[C@H]7CCC(=O)NC7=O)cc6F)CC5)CC4)nc3)c(=O)c2c1. The lowest BCUT2D eigenvalue weighted by Gasteiger charge is -2.37. The highest BCUT2D eigenvalue weighted by molar-refractivity contribution is 7.90. The number of halogens is 4. The van der Waals surface area contributed by atoms with Gasteiger partial charge in [-0.3, -0.25) is 38.7 Å². The molecule has 0 aliphatic carbocycles. The third-order valence-electron chi connectivity index (χ3n) is 12.7. The van der Waals surface area contributed by atoms with Gasteiger partial charge in [0.2, 0.25) is 23.7 Å². The number of nitriles is 1. The number of carbonyl (C=O) groups excluding carboxylic acids is 3. The fourth-order valence-electron chi connectivity index (χ4n) is 8.84. The molecule has 3 atom stereocenters. The Hall–Kier alpha value is -7.23. The molecule has 9 rings (SSSR count). The number of fused-ring (bicyclic) bond motifs is 1. The average Bonchev–Trinajstić information content (AvgIpc) is 3.69. The Morgan fingerprint density at radius 3 is 2.29 bits per heavy atom. The average molecular weight is 973 g/mol. The number of alkyl halides is 2. The number of hydrogen-bond donors (Lipinski definition) is 3. The van der Waals surface area contributed by atoms with Gasteiger partial charge in [-0.25, -0.2) is 32.5 Å². The molecule has 3 aromatic carbocycles. The number of likely N-dealkylation sites (tertiary alicyclic amines) is 1. The van der Waals surface area contributed by atoms with Crippen molar-refractivity contribution in [3.8, 4) is 23.3 Å². The zero-order valence-electron chi connectivity index (χ0n) is 36.7. The lowest BCUT2D eigenvalue weighted by Crippen LogP contribution is -2.52. The minimum atomic E-state index is -4.54. The summed E-state index contributed by atoms with van der Waals surface area (Å²) in [6, 6.07) is 11.9. The molecule has 0 saturated carbocycles. The number of rotatable bonds is 12. The van der Waals surface area contributed by atoms with Gasteiger partial charge in [-0.15, -0.1) is 0 Å². The van der Waals surface area contributed by atoms with Crippen molar-refractivity contribution in [3.63, 3.8) is 0 Å². The number of hydrogen-bond acceptors (Lipinski definition) is 14. The number of aromatic nitrogens is 4. The largest absolute Gasteiger partial charge is 0.453 e. The third-order valence-corrected chi connectivity index (χ3v) is 14.1. The van der Waals surface area contributed by atoms with Gasteiger partial charge < -0.3 is 19.9 Å². The molecule has 24 heteroatoms. The number of piperidine rings is 2. The van der Waals surface area contributed by atoms with E-state index < -0.39 is 76.0 Å². The molecule has 19 nitrogen and oxygen atoms in total. The van der Waals surface area contributed by atoms with E-state index in [1.807, 2.05) is 4.90 Å². The van der Waals surface area contributed by atoms with Crippen molar-refractivity contribution in [3.05, 3.63) is 100 Å². The number of ether oxygens (including phenoxy) is 1. The van der Waals surface area contributed by atoms with Crippen molar-refractivity contribution in [1.29, 1.82) is 5.26 Å². The molecule has 4 saturated heterocycles. The fourth-order valence-corrected chi connectivity index (χ4v) is 10.1. The third kappa shape index (κ3) is 10.0. The topological polar surface area (TPSA) is 228 Å². The highest BCUT2D eigenvalue weighted by atomic mass is 32.2. The molecule has 2 unspecified atom stereocenters. The predicted molar refractivity (Wildman–Crippen MR) is 241 cm³/mol. The van der Waals surface area contributed by atoms with E-state index in [1.165, 1.54) is 47.6 Å². The summed E-state index contributed by atoms with van der Waals surface area (Å²) in [5, 5.41) is 15.3. The van der Waals surface area contributed by atoms with Gasteiger partial charge in [0.05, 0.1) is 41.2 Å². The van der Waals surface area contributed by atoms with Gasteiger partial charge in [0.15, 0.2) is 11.6 Å². The first-order valence-corrected chi connectivity index (χ1v) is 23.5. The van der Waals surface area contributed by atoms with Crippen LogP contribution in [0, 0.1) is 23.0 Å². The van der Waals surface area contributed by atoms with E-state index in [9.17, 15) is 41.6 Å². The van der Waals surface area contributed by atoms with Gasteiger partial charge in [-0.05, 0) is 86.3 Å². The second-order valence-corrected chi connectivity index (χ2v) is 18.8. The van der Waals surface area contributed by atoms with E-state index in [1.54, 1.807) is 23.1 Å². The van der Waals surface area contributed by atoms with Gasteiger partial charge in [-0.2, -0.15) is 18.0 Å². The van der Waals surface area contributed by atoms with Gasteiger partial charge in [-0.1, -0.05) is 6.07 Å². The number of nitrogens with one attached hydrogen (secondary N) is 3. The van der Waals surface area contributed by atoms with Crippen LogP contribution in [0.15, 0.2) is 72.0 Å². The van der Waals surface area contributed by atoms with Crippen LogP contribution in [0.5, 0.6) is 11.5 Å².